The summed E-state index contributed by atoms with van der Waals surface area (Å²) < 4.78 is 31.0. The summed E-state index contributed by atoms with van der Waals surface area (Å²) in [5, 5.41) is 3.13. The lowest BCUT2D eigenvalue weighted by Crippen LogP contribution is -2.53. The number of carbonyl (C=O) groups is 1. The number of carbonyl (C=O) groups excluding carboxylic acids is 1. The van der Waals surface area contributed by atoms with E-state index in [1.54, 1.807) is 30.1 Å². The van der Waals surface area contributed by atoms with E-state index in [1.807, 2.05) is 0 Å². The molecule has 1 aromatic carbocycles. The molecular weight excluding hydrogens is 302 g/mol. The van der Waals surface area contributed by atoms with Crippen LogP contribution in [0.25, 0.3) is 0 Å². The van der Waals surface area contributed by atoms with Crippen molar-refractivity contribution in [3.63, 3.8) is 0 Å². The van der Waals surface area contributed by atoms with Crippen molar-refractivity contribution in [2.24, 2.45) is 7.05 Å². The molecule has 1 aromatic heterocycles. The highest BCUT2D eigenvalue weighted by molar-refractivity contribution is 5.85. The van der Waals surface area contributed by atoms with Crippen molar-refractivity contribution in [2.75, 3.05) is 19.6 Å². The zero-order valence-corrected chi connectivity index (χ0v) is 12.7. The molecule has 5 nitrogen and oxygen atoms in total. The van der Waals surface area contributed by atoms with E-state index in [2.05, 4.69) is 10.3 Å². The fourth-order valence-electron chi connectivity index (χ4n) is 2.83. The summed E-state index contributed by atoms with van der Waals surface area (Å²) in [6, 6.07) is 6.69. The number of nitrogens with one attached hydrogen (secondary N) is 1. The summed E-state index contributed by atoms with van der Waals surface area (Å²) in [4.78, 5) is 18.0. The average molecular weight is 320 g/mol. The molecule has 0 spiro atoms. The molecule has 0 aliphatic carbocycles. The Bertz CT molecular complexity index is 686. The van der Waals surface area contributed by atoms with Crippen molar-refractivity contribution < 1.29 is 13.6 Å². The van der Waals surface area contributed by atoms with Gasteiger partial charge in [-0.05, 0) is 0 Å². The first kappa shape index (κ1) is 15.6. The Morgan fingerprint density at radius 3 is 2.74 bits per heavy atom. The van der Waals surface area contributed by atoms with Crippen molar-refractivity contribution >= 4 is 5.91 Å². The summed E-state index contributed by atoms with van der Waals surface area (Å²) in [6.45, 7) is 1.11. The van der Waals surface area contributed by atoms with Crippen LogP contribution in [-0.2, 0) is 17.8 Å². The van der Waals surface area contributed by atoms with Crippen LogP contribution in [-0.4, -0.2) is 40.0 Å². The highest BCUT2D eigenvalue weighted by Crippen LogP contribution is 2.33. The molecule has 1 N–H and O–H groups in total. The Hall–Kier alpha value is -2.28. The SMILES string of the molecule is Cn1ccnc1C1CNCCN1C(=O)C(F)(F)c1ccccc1. The van der Waals surface area contributed by atoms with Crippen LogP contribution in [0.15, 0.2) is 42.7 Å². The second-order valence-electron chi connectivity index (χ2n) is 5.56. The van der Waals surface area contributed by atoms with E-state index in [4.69, 9.17) is 0 Å². The van der Waals surface area contributed by atoms with Crippen molar-refractivity contribution in [1.82, 2.24) is 19.8 Å². The van der Waals surface area contributed by atoms with Gasteiger partial charge in [-0.25, -0.2) is 4.98 Å². The topological polar surface area (TPSA) is 50.2 Å². The quantitative estimate of drug-likeness (QED) is 0.936. The molecule has 3 rings (SSSR count). The molecule has 1 fully saturated rings. The standard InChI is InChI=1S/C16H18F2N4O/c1-21-9-8-20-14(21)13-11-19-7-10-22(13)15(23)16(17,18)12-5-3-2-4-6-12/h2-6,8-9,13,19H,7,10-11H2,1H3. The molecule has 1 aliphatic heterocycles. The van der Waals surface area contributed by atoms with Gasteiger partial charge in [-0.1, -0.05) is 30.3 Å². The molecule has 2 heterocycles. The number of piperazine rings is 1. The van der Waals surface area contributed by atoms with Gasteiger partial charge in [0.05, 0.1) is 0 Å². The number of hydrogen-bond donors (Lipinski definition) is 1. The molecule has 1 amide bonds. The van der Waals surface area contributed by atoms with Gasteiger partial charge < -0.3 is 14.8 Å². The first-order valence-corrected chi connectivity index (χ1v) is 7.44. The van der Waals surface area contributed by atoms with Crippen LogP contribution in [0.4, 0.5) is 8.78 Å². The number of halogens is 2. The Kier molecular flexibility index (Phi) is 4.12. The maximum absolute atomic E-state index is 14.6. The minimum absolute atomic E-state index is 0.221. The van der Waals surface area contributed by atoms with Gasteiger partial charge in [0, 0.05) is 44.6 Å². The van der Waals surface area contributed by atoms with E-state index in [-0.39, 0.29) is 12.1 Å². The molecule has 0 saturated carbocycles. The van der Waals surface area contributed by atoms with Gasteiger partial charge >= 0.3 is 5.92 Å². The first-order chi connectivity index (χ1) is 11.0. The van der Waals surface area contributed by atoms with Crippen molar-refractivity contribution in [3.8, 4) is 0 Å². The molecule has 0 radical (unpaired) electrons. The predicted octanol–water partition coefficient (Wildman–Crippen LogP) is 1.69. The Balaban J connectivity index is 1.91. The number of aromatic nitrogens is 2. The van der Waals surface area contributed by atoms with E-state index >= 15 is 0 Å². The Labute approximate surface area is 132 Å². The van der Waals surface area contributed by atoms with Crippen LogP contribution in [0.3, 0.4) is 0 Å². The third-order valence-corrected chi connectivity index (χ3v) is 4.07. The highest BCUT2D eigenvalue weighted by atomic mass is 19.3. The summed E-state index contributed by atoms with van der Waals surface area (Å²) >= 11 is 0. The molecule has 0 bridgehead atoms. The number of nitrogens with zero attached hydrogens (tertiary/aromatic N) is 3. The van der Waals surface area contributed by atoms with Crippen LogP contribution in [0, 0.1) is 0 Å². The van der Waals surface area contributed by atoms with Gasteiger partial charge in [0.15, 0.2) is 0 Å². The van der Waals surface area contributed by atoms with Crippen LogP contribution in [0.5, 0.6) is 0 Å². The van der Waals surface area contributed by atoms with Crippen molar-refractivity contribution in [3.05, 3.63) is 54.1 Å². The van der Waals surface area contributed by atoms with E-state index in [9.17, 15) is 13.6 Å². The zero-order chi connectivity index (χ0) is 16.4. The number of hydrogen-bond acceptors (Lipinski definition) is 3. The Morgan fingerprint density at radius 2 is 2.09 bits per heavy atom. The molecule has 23 heavy (non-hydrogen) atoms. The second-order valence-corrected chi connectivity index (χ2v) is 5.56. The molecule has 2 aromatic rings. The third-order valence-electron chi connectivity index (χ3n) is 4.07. The maximum Gasteiger partial charge on any atom is 0.349 e. The fourth-order valence-corrected chi connectivity index (χ4v) is 2.83. The van der Waals surface area contributed by atoms with Gasteiger partial charge in [0.25, 0.3) is 5.91 Å². The molecule has 122 valence electrons. The van der Waals surface area contributed by atoms with Crippen molar-refractivity contribution in [2.45, 2.75) is 12.0 Å². The second kappa shape index (κ2) is 6.08. The number of aryl methyl sites for hydroxylation is 1. The lowest BCUT2D eigenvalue weighted by atomic mass is 10.0. The number of imidazole rings is 1. The van der Waals surface area contributed by atoms with E-state index in [0.717, 1.165) is 0 Å². The van der Waals surface area contributed by atoms with Gasteiger partial charge in [-0.15, -0.1) is 0 Å². The minimum atomic E-state index is -3.55. The molecule has 1 unspecified atom stereocenters. The molecule has 1 atom stereocenters. The van der Waals surface area contributed by atoms with Crippen LogP contribution in [0.1, 0.15) is 17.4 Å². The van der Waals surface area contributed by atoms with E-state index < -0.39 is 17.9 Å². The average Bonchev–Trinajstić information content (AvgIpc) is 3.01. The van der Waals surface area contributed by atoms with Gasteiger partial charge in [0.2, 0.25) is 0 Å². The lowest BCUT2D eigenvalue weighted by molar-refractivity contribution is -0.163. The fraction of sp³-hybridized carbons (Fsp3) is 0.375. The lowest BCUT2D eigenvalue weighted by Gasteiger charge is -2.37. The van der Waals surface area contributed by atoms with E-state index in [1.165, 1.54) is 29.2 Å². The molecule has 1 aliphatic rings. The predicted molar refractivity (Wildman–Crippen MR) is 80.9 cm³/mol. The van der Waals surface area contributed by atoms with Gasteiger partial charge in [-0.3, -0.25) is 4.79 Å². The first-order valence-electron chi connectivity index (χ1n) is 7.44. The summed E-state index contributed by atoms with van der Waals surface area (Å²) in [7, 11) is 1.79. The molecule has 1 saturated heterocycles. The summed E-state index contributed by atoms with van der Waals surface area (Å²) in [5.74, 6) is -4.14. The minimum Gasteiger partial charge on any atom is -0.336 e. The van der Waals surface area contributed by atoms with Crippen molar-refractivity contribution in [1.29, 1.82) is 0 Å². The van der Waals surface area contributed by atoms with Crippen LogP contribution >= 0.6 is 0 Å². The zero-order valence-electron chi connectivity index (χ0n) is 12.7. The smallest absolute Gasteiger partial charge is 0.336 e. The monoisotopic (exact) mass is 320 g/mol. The largest absolute Gasteiger partial charge is 0.349 e. The molecule has 7 heteroatoms. The summed E-state index contributed by atoms with van der Waals surface area (Å²) in [6.07, 6.45) is 3.34. The molecular formula is C16H18F2N4O. The number of benzene rings is 1. The summed E-state index contributed by atoms with van der Waals surface area (Å²) in [5.41, 5.74) is -0.290. The Morgan fingerprint density at radius 1 is 1.35 bits per heavy atom. The number of alkyl halides is 2. The van der Waals surface area contributed by atoms with Crippen LogP contribution < -0.4 is 5.32 Å². The van der Waals surface area contributed by atoms with E-state index in [0.29, 0.717) is 18.9 Å². The van der Waals surface area contributed by atoms with Gasteiger partial charge in [-0.2, -0.15) is 8.78 Å². The maximum atomic E-state index is 14.6. The number of rotatable bonds is 3. The third kappa shape index (κ3) is 2.84. The normalized spacial score (nSPS) is 18.9. The van der Waals surface area contributed by atoms with Crippen LogP contribution in [0.2, 0.25) is 0 Å². The highest BCUT2D eigenvalue weighted by Gasteiger charge is 2.46. The van der Waals surface area contributed by atoms with Gasteiger partial charge in [0.1, 0.15) is 11.9 Å². The number of amides is 1.